The summed E-state index contributed by atoms with van der Waals surface area (Å²) in [5, 5.41) is 4.10. The summed E-state index contributed by atoms with van der Waals surface area (Å²) in [6, 6.07) is 24.0. The van der Waals surface area contributed by atoms with E-state index in [1.165, 1.54) is 12.1 Å². The van der Waals surface area contributed by atoms with Gasteiger partial charge >= 0.3 is 0 Å². The Morgan fingerprint density at radius 3 is 2.35 bits per heavy atom. The van der Waals surface area contributed by atoms with Crippen LogP contribution in [0, 0.1) is 5.82 Å². The molecule has 0 unspecified atom stereocenters. The third-order valence-electron chi connectivity index (χ3n) is 5.77. The third-order valence-corrected chi connectivity index (χ3v) is 6.09. The predicted molar refractivity (Wildman–Crippen MR) is 136 cm³/mol. The summed E-state index contributed by atoms with van der Waals surface area (Å²) in [5.74, 6) is 0.544. The first-order chi connectivity index (χ1) is 16.5. The molecule has 1 saturated heterocycles. The topological polar surface area (TPSA) is 42.3 Å². The van der Waals surface area contributed by atoms with E-state index in [0.717, 1.165) is 28.5 Å². The Morgan fingerprint density at radius 1 is 0.941 bits per heavy atom. The van der Waals surface area contributed by atoms with Crippen molar-refractivity contribution in [3.8, 4) is 11.4 Å². The number of anilines is 1. The molecule has 3 heterocycles. The van der Waals surface area contributed by atoms with Crippen molar-refractivity contribution in [2.24, 2.45) is 0 Å². The van der Waals surface area contributed by atoms with E-state index in [0.29, 0.717) is 5.11 Å². The van der Waals surface area contributed by atoms with Crippen molar-refractivity contribution in [1.82, 2.24) is 14.9 Å². The summed E-state index contributed by atoms with van der Waals surface area (Å²) in [6.07, 6.45) is 3.87. The molecule has 2 atom stereocenters. The lowest BCUT2D eigenvalue weighted by Crippen LogP contribution is -2.30. The number of ether oxygens (including phenoxy) is 1. The van der Waals surface area contributed by atoms with Gasteiger partial charge in [-0.05, 0) is 98.9 Å². The van der Waals surface area contributed by atoms with Crippen LogP contribution in [-0.2, 0) is 0 Å². The van der Waals surface area contributed by atoms with Crippen molar-refractivity contribution in [3.05, 3.63) is 108 Å². The van der Waals surface area contributed by atoms with Crippen molar-refractivity contribution in [3.63, 3.8) is 0 Å². The number of aromatic nitrogens is 2. The fraction of sp³-hybridized carbons (Fsp3) is 0.185. The zero-order chi connectivity index (χ0) is 23.7. The molecule has 0 bridgehead atoms. The van der Waals surface area contributed by atoms with Crippen molar-refractivity contribution < 1.29 is 9.13 Å². The Balaban J connectivity index is 1.60. The lowest BCUT2D eigenvalue weighted by atomic mass is 10.0. The van der Waals surface area contributed by atoms with E-state index in [1.807, 2.05) is 68.6 Å². The van der Waals surface area contributed by atoms with Gasteiger partial charge in [0.15, 0.2) is 5.11 Å². The molecule has 4 aromatic rings. The number of halogens is 1. The second-order valence-corrected chi connectivity index (χ2v) is 8.82. The van der Waals surface area contributed by atoms with Crippen LogP contribution in [0.5, 0.6) is 5.75 Å². The van der Waals surface area contributed by atoms with E-state index in [-0.39, 0.29) is 24.0 Å². The van der Waals surface area contributed by atoms with E-state index in [2.05, 4.69) is 25.8 Å². The molecule has 0 amide bonds. The van der Waals surface area contributed by atoms with Gasteiger partial charge in [0.2, 0.25) is 0 Å². The van der Waals surface area contributed by atoms with Crippen molar-refractivity contribution in [1.29, 1.82) is 0 Å². The van der Waals surface area contributed by atoms with Crippen LogP contribution in [0.1, 0.15) is 37.3 Å². The normalized spacial score (nSPS) is 17.8. The van der Waals surface area contributed by atoms with Crippen LogP contribution in [0.2, 0.25) is 0 Å². The molecule has 2 aromatic carbocycles. The van der Waals surface area contributed by atoms with Crippen LogP contribution in [-0.4, -0.2) is 20.8 Å². The Bertz CT molecular complexity index is 1270. The molecule has 0 radical (unpaired) electrons. The highest BCUT2D eigenvalue weighted by atomic mass is 32.1. The van der Waals surface area contributed by atoms with Gasteiger partial charge in [0.25, 0.3) is 0 Å². The molecule has 172 valence electrons. The molecule has 0 aliphatic carbocycles. The van der Waals surface area contributed by atoms with E-state index in [4.69, 9.17) is 17.0 Å². The summed E-state index contributed by atoms with van der Waals surface area (Å²) < 4.78 is 21.5. The Hall–Kier alpha value is -3.71. The Morgan fingerprint density at radius 2 is 1.68 bits per heavy atom. The number of hydrogen-bond donors (Lipinski definition) is 1. The highest BCUT2D eigenvalue weighted by molar-refractivity contribution is 7.80. The minimum absolute atomic E-state index is 0.0978. The minimum atomic E-state index is -0.266. The molecule has 0 saturated carbocycles. The molecule has 34 heavy (non-hydrogen) atoms. The van der Waals surface area contributed by atoms with Crippen LogP contribution in [0.15, 0.2) is 91.3 Å². The van der Waals surface area contributed by atoms with Gasteiger partial charge in [-0.3, -0.25) is 4.98 Å². The molecule has 1 aliphatic heterocycles. The predicted octanol–water partition coefficient (Wildman–Crippen LogP) is 5.98. The van der Waals surface area contributed by atoms with E-state index < -0.39 is 0 Å². The van der Waals surface area contributed by atoms with Gasteiger partial charge in [-0.25, -0.2) is 4.39 Å². The number of nitrogens with zero attached hydrogens (tertiary/aromatic N) is 3. The molecule has 1 fully saturated rings. The van der Waals surface area contributed by atoms with Crippen LogP contribution in [0.4, 0.5) is 10.1 Å². The number of benzene rings is 2. The third kappa shape index (κ3) is 4.26. The fourth-order valence-corrected chi connectivity index (χ4v) is 4.71. The quantitative estimate of drug-likeness (QED) is 0.350. The van der Waals surface area contributed by atoms with Gasteiger partial charge in [-0.15, -0.1) is 0 Å². The summed E-state index contributed by atoms with van der Waals surface area (Å²) >= 11 is 5.83. The number of rotatable bonds is 6. The van der Waals surface area contributed by atoms with Crippen LogP contribution in [0.25, 0.3) is 5.69 Å². The second-order valence-electron chi connectivity index (χ2n) is 8.44. The molecule has 2 aromatic heterocycles. The standard InChI is InChI=1S/C27H25FN4OS/c1-18(2)33-22-14-12-21(13-15-22)32-26(25(30-27(32)34)23-6-3-4-16-29-23)24-7-5-17-31(24)20-10-8-19(28)9-11-20/h3-18,25-26H,1-2H3,(H,30,34)/t25-,26+/m1/s1. The molecule has 5 nitrogen and oxygen atoms in total. The highest BCUT2D eigenvalue weighted by Crippen LogP contribution is 2.42. The van der Waals surface area contributed by atoms with E-state index in [1.54, 1.807) is 18.3 Å². The number of thiocarbonyl (C=S) groups is 1. The van der Waals surface area contributed by atoms with Gasteiger partial charge < -0.3 is 19.5 Å². The van der Waals surface area contributed by atoms with Crippen molar-refractivity contribution in [2.75, 3.05) is 4.90 Å². The molecule has 1 N–H and O–H groups in total. The summed E-state index contributed by atoms with van der Waals surface area (Å²) in [6.45, 7) is 4.01. The van der Waals surface area contributed by atoms with Gasteiger partial charge in [0.1, 0.15) is 17.6 Å². The first-order valence-electron chi connectivity index (χ1n) is 11.2. The van der Waals surface area contributed by atoms with E-state index >= 15 is 0 Å². The molecule has 7 heteroatoms. The first kappa shape index (κ1) is 22.1. The summed E-state index contributed by atoms with van der Waals surface area (Å²) in [7, 11) is 0. The van der Waals surface area contributed by atoms with E-state index in [9.17, 15) is 4.39 Å². The second kappa shape index (κ2) is 9.27. The average molecular weight is 473 g/mol. The van der Waals surface area contributed by atoms with Crippen molar-refractivity contribution >= 4 is 23.0 Å². The Kier molecular flexibility index (Phi) is 6.02. The number of hydrogen-bond acceptors (Lipinski definition) is 3. The summed E-state index contributed by atoms with van der Waals surface area (Å²) in [4.78, 5) is 6.73. The monoisotopic (exact) mass is 472 g/mol. The first-order valence-corrected chi connectivity index (χ1v) is 11.6. The van der Waals surface area contributed by atoms with Crippen LogP contribution < -0.4 is 15.0 Å². The van der Waals surface area contributed by atoms with Gasteiger partial charge in [-0.2, -0.15) is 0 Å². The SMILES string of the molecule is CC(C)Oc1ccc(N2C(=S)N[C@H](c3ccccn3)[C@@H]2c2cccn2-c2ccc(F)cc2)cc1. The Labute approximate surface area is 203 Å². The van der Waals surface area contributed by atoms with Crippen LogP contribution >= 0.6 is 12.2 Å². The number of nitrogens with one attached hydrogen (secondary N) is 1. The smallest absolute Gasteiger partial charge is 0.174 e. The maximum atomic E-state index is 13.6. The van der Waals surface area contributed by atoms with Gasteiger partial charge in [0.05, 0.1) is 17.8 Å². The highest BCUT2D eigenvalue weighted by Gasteiger charge is 2.42. The molecular formula is C27H25FN4OS. The lowest BCUT2D eigenvalue weighted by molar-refractivity contribution is 0.242. The molecule has 1 aliphatic rings. The minimum Gasteiger partial charge on any atom is -0.491 e. The fourth-order valence-electron chi connectivity index (χ4n) is 4.36. The maximum Gasteiger partial charge on any atom is 0.174 e. The summed E-state index contributed by atoms with van der Waals surface area (Å²) in [5.41, 5.74) is 3.73. The van der Waals surface area contributed by atoms with Crippen LogP contribution in [0.3, 0.4) is 0 Å². The largest absolute Gasteiger partial charge is 0.491 e. The van der Waals surface area contributed by atoms with Gasteiger partial charge in [-0.1, -0.05) is 6.07 Å². The average Bonchev–Trinajstić information content (AvgIpc) is 3.45. The number of pyridine rings is 1. The van der Waals surface area contributed by atoms with Gasteiger partial charge in [0, 0.05) is 29.5 Å². The zero-order valence-corrected chi connectivity index (χ0v) is 19.7. The molecular weight excluding hydrogens is 447 g/mol. The molecule has 5 rings (SSSR count). The lowest BCUT2D eigenvalue weighted by Gasteiger charge is -2.29. The maximum absolute atomic E-state index is 13.6. The van der Waals surface area contributed by atoms with Crippen molar-refractivity contribution in [2.45, 2.75) is 32.0 Å². The zero-order valence-electron chi connectivity index (χ0n) is 18.9. The molecule has 0 spiro atoms.